The van der Waals surface area contributed by atoms with E-state index < -0.39 is 0 Å². The predicted octanol–water partition coefficient (Wildman–Crippen LogP) is 2.99. The van der Waals surface area contributed by atoms with Gasteiger partial charge in [-0.25, -0.2) is 0 Å². The Kier molecular flexibility index (Phi) is 4.59. The molecule has 0 spiro atoms. The zero-order chi connectivity index (χ0) is 17.2. The minimum atomic E-state index is -0.335. The highest BCUT2D eigenvalue weighted by Crippen LogP contribution is 2.39. The van der Waals surface area contributed by atoms with Gasteiger partial charge in [-0.2, -0.15) is 0 Å². The highest BCUT2D eigenvalue weighted by molar-refractivity contribution is 7.17. The number of fused-ring (bicyclic) bond motifs is 1. The SMILES string of the molecule is O=C(Nc1sc2c(c1C(=O)NC[C@@H]1CCCO1)CCC2)c1ccco1. The van der Waals surface area contributed by atoms with Gasteiger partial charge in [-0.15, -0.1) is 11.3 Å². The molecule has 7 heteroatoms. The van der Waals surface area contributed by atoms with Gasteiger partial charge in [0.25, 0.3) is 11.8 Å². The van der Waals surface area contributed by atoms with Crippen LogP contribution in [0.15, 0.2) is 22.8 Å². The van der Waals surface area contributed by atoms with Gasteiger partial charge in [0.2, 0.25) is 0 Å². The van der Waals surface area contributed by atoms with E-state index in [1.54, 1.807) is 12.1 Å². The summed E-state index contributed by atoms with van der Waals surface area (Å²) in [5, 5.41) is 6.43. The van der Waals surface area contributed by atoms with Crippen molar-refractivity contribution in [3.63, 3.8) is 0 Å². The lowest BCUT2D eigenvalue weighted by molar-refractivity contribution is 0.0858. The number of ether oxygens (including phenoxy) is 1. The smallest absolute Gasteiger partial charge is 0.291 e. The molecule has 0 aromatic carbocycles. The molecule has 0 radical (unpaired) electrons. The van der Waals surface area contributed by atoms with E-state index in [0.717, 1.165) is 44.3 Å². The van der Waals surface area contributed by atoms with E-state index in [1.807, 2.05) is 0 Å². The van der Waals surface area contributed by atoms with Crippen molar-refractivity contribution in [1.82, 2.24) is 5.32 Å². The number of amides is 2. The third-order valence-corrected chi connectivity index (χ3v) is 5.84. The number of hydrogen-bond donors (Lipinski definition) is 2. The zero-order valence-electron chi connectivity index (χ0n) is 13.8. The summed E-state index contributed by atoms with van der Waals surface area (Å²) in [6.45, 7) is 1.27. The first kappa shape index (κ1) is 16.4. The summed E-state index contributed by atoms with van der Waals surface area (Å²) in [5.41, 5.74) is 1.68. The molecular weight excluding hydrogens is 340 g/mol. The molecule has 0 unspecified atom stereocenters. The lowest BCUT2D eigenvalue weighted by atomic mass is 10.1. The molecule has 25 heavy (non-hydrogen) atoms. The monoisotopic (exact) mass is 360 g/mol. The van der Waals surface area contributed by atoms with Gasteiger partial charge < -0.3 is 19.8 Å². The number of aryl methyl sites for hydroxylation is 1. The van der Waals surface area contributed by atoms with Crippen LogP contribution in [0, 0.1) is 0 Å². The van der Waals surface area contributed by atoms with Crippen LogP contribution in [0.2, 0.25) is 0 Å². The maximum Gasteiger partial charge on any atom is 0.291 e. The number of thiophene rings is 1. The van der Waals surface area contributed by atoms with Crippen LogP contribution in [0.1, 0.15) is 50.6 Å². The molecule has 2 aromatic rings. The average molecular weight is 360 g/mol. The molecule has 2 aliphatic rings. The minimum absolute atomic E-state index is 0.0943. The maximum atomic E-state index is 12.8. The molecule has 1 aliphatic carbocycles. The van der Waals surface area contributed by atoms with Crippen LogP contribution in [0.3, 0.4) is 0 Å². The molecular formula is C18H20N2O4S. The summed E-state index contributed by atoms with van der Waals surface area (Å²) >= 11 is 1.49. The van der Waals surface area contributed by atoms with E-state index in [2.05, 4.69) is 10.6 Å². The summed E-state index contributed by atoms with van der Waals surface area (Å²) in [7, 11) is 0. The van der Waals surface area contributed by atoms with Crippen molar-refractivity contribution < 1.29 is 18.7 Å². The summed E-state index contributed by atoms with van der Waals surface area (Å²) in [6.07, 6.45) is 6.46. The Labute approximate surface area is 149 Å². The second kappa shape index (κ2) is 7.01. The lowest BCUT2D eigenvalue weighted by Gasteiger charge is -2.12. The van der Waals surface area contributed by atoms with Crippen molar-refractivity contribution in [3.05, 3.63) is 40.2 Å². The number of furan rings is 1. The van der Waals surface area contributed by atoms with Crippen LogP contribution in [0.25, 0.3) is 0 Å². The number of carbonyl (C=O) groups excluding carboxylic acids is 2. The Bertz CT molecular complexity index is 775. The van der Waals surface area contributed by atoms with Crippen LogP contribution in [0.4, 0.5) is 5.00 Å². The first-order valence-electron chi connectivity index (χ1n) is 8.61. The molecule has 1 fully saturated rings. The topological polar surface area (TPSA) is 80.6 Å². The van der Waals surface area contributed by atoms with Gasteiger partial charge in [0, 0.05) is 18.0 Å². The van der Waals surface area contributed by atoms with Crippen molar-refractivity contribution in [3.8, 4) is 0 Å². The molecule has 0 bridgehead atoms. The Morgan fingerprint density at radius 1 is 1.24 bits per heavy atom. The van der Waals surface area contributed by atoms with Crippen molar-refractivity contribution in [2.24, 2.45) is 0 Å². The number of rotatable bonds is 5. The summed E-state index contributed by atoms with van der Waals surface area (Å²) < 4.78 is 10.7. The van der Waals surface area contributed by atoms with Crippen LogP contribution in [-0.2, 0) is 17.6 Å². The quantitative estimate of drug-likeness (QED) is 0.859. The van der Waals surface area contributed by atoms with Gasteiger partial charge in [0.05, 0.1) is 17.9 Å². The van der Waals surface area contributed by atoms with E-state index >= 15 is 0 Å². The third-order valence-electron chi connectivity index (χ3n) is 4.63. The molecule has 2 N–H and O–H groups in total. The van der Waals surface area contributed by atoms with Gasteiger partial charge in [-0.1, -0.05) is 0 Å². The zero-order valence-corrected chi connectivity index (χ0v) is 14.6. The number of anilines is 1. The van der Waals surface area contributed by atoms with Crippen molar-refractivity contribution >= 4 is 28.2 Å². The highest BCUT2D eigenvalue weighted by Gasteiger charge is 2.28. The molecule has 6 nitrogen and oxygen atoms in total. The first-order valence-corrected chi connectivity index (χ1v) is 9.43. The molecule has 1 aliphatic heterocycles. The van der Waals surface area contributed by atoms with E-state index in [1.165, 1.54) is 22.5 Å². The second-order valence-electron chi connectivity index (χ2n) is 6.34. The Hall–Kier alpha value is -2.12. The van der Waals surface area contributed by atoms with Crippen LogP contribution >= 0.6 is 11.3 Å². The fraction of sp³-hybridized carbons (Fsp3) is 0.444. The highest BCUT2D eigenvalue weighted by atomic mass is 32.1. The summed E-state index contributed by atoms with van der Waals surface area (Å²) in [4.78, 5) is 26.3. The minimum Gasteiger partial charge on any atom is -0.459 e. The van der Waals surface area contributed by atoms with E-state index in [9.17, 15) is 9.59 Å². The van der Waals surface area contributed by atoms with E-state index in [-0.39, 0.29) is 23.7 Å². The standard InChI is InChI=1S/C18H20N2O4S/c21-16(13-6-3-9-24-13)20-18-15(12-5-1-7-14(12)25-18)17(22)19-10-11-4-2-8-23-11/h3,6,9,11H,1-2,4-5,7-8,10H2,(H,19,22)(H,20,21)/t11-/m0/s1. The average Bonchev–Trinajstić information content (AvgIpc) is 3.35. The Morgan fingerprint density at radius 3 is 2.92 bits per heavy atom. The first-order chi connectivity index (χ1) is 12.2. The lowest BCUT2D eigenvalue weighted by Crippen LogP contribution is -2.32. The molecule has 4 rings (SSSR count). The fourth-order valence-corrected chi connectivity index (χ4v) is 4.69. The molecule has 0 saturated carbocycles. The number of carbonyl (C=O) groups is 2. The van der Waals surface area contributed by atoms with Gasteiger partial charge >= 0.3 is 0 Å². The number of hydrogen-bond acceptors (Lipinski definition) is 5. The van der Waals surface area contributed by atoms with Gasteiger partial charge in [0.1, 0.15) is 5.00 Å². The second-order valence-corrected chi connectivity index (χ2v) is 7.44. The molecule has 2 aromatic heterocycles. The van der Waals surface area contributed by atoms with Gasteiger partial charge in [-0.05, 0) is 49.8 Å². The molecule has 2 amide bonds. The van der Waals surface area contributed by atoms with Crippen molar-refractivity contribution in [2.75, 3.05) is 18.5 Å². The number of nitrogens with one attached hydrogen (secondary N) is 2. The van der Waals surface area contributed by atoms with Gasteiger partial charge in [0.15, 0.2) is 5.76 Å². The fourth-order valence-electron chi connectivity index (χ4n) is 3.41. The maximum absolute atomic E-state index is 12.8. The van der Waals surface area contributed by atoms with Crippen LogP contribution < -0.4 is 10.6 Å². The van der Waals surface area contributed by atoms with Crippen LogP contribution in [0.5, 0.6) is 0 Å². The van der Waals surface area contributed by atoms with Crippen LogP contribution in [-0.4, -0.2) is 31.1 Å². The summed E-state index contributed by atoms with van der Waals surface area (Å²) in [6, 6.07) is 3.27. The molecule has 1 atom stereocenters. The summed E-state index contributed by atoms with van der Waals surface area (Å²) in [5.74, 6) is -0.234. The predicted molar refractivity (Wildman–Crippen MR) is 94.3 cm³/mol. The Morgan fingerprint density at radius 2 is 2.16 bits per heavy atom. The largest absolute Gasteiger partial charge is 0.459 e. The van der Waals surface area contributed by atoms with Gasteiger partial charge in [-0.3, -0.25) is 9.59 Å². The third kappa shape index (κ3) is 3.34. The van der Waals surface area contributed by atoms with E-state index in [4.69, 9.17) is 9.15 Å². The van der Waals surface area contributed by atoms with E-state index in [0.29, 0.717) is 17.1 Å². The normalized spacial score (nSPS) is 19.0. The molecule has 132 valence electrons. The van der Waals surface area contributed by atoms with Crippen molar-refractivity contribution in [1.29, 1.82) is 0 Å². The molecule has 3 heterocycles. The molecule has 1 saturated heterocycles. The Balaban J connectivity index is 1.53. The van der Waals surface area contributed by atoms with Crippen molar-refractivity contribution in [2.45, 2.75) is 38.2 Å².